The standard InChI is InChI=1S/C12H9BrClFN2O2/c1-2-19-11(18)9-10(14)16-12(13)17(9)8-5-3-7(15)4-6-8/h3-6H,2H2,1H3. The van der Waals surface area contributed by atoms with Gasteiger partial charge in [-0.1, -0.05) is 11.6 Å². The number of hydrogen-bond acceptors (Lipinski definition) is 3. The average Bonchev–Trinajstić information content (AvgIpc) is 2.65. The highest BCUT2D eigenvalue weighted by molar-refractivity contribution is 9.10. The molecule has 0 amide bonds. The highest BCUT2D eigenvalue weighted by Gasteiger charge is 2.23. The van der Waals surface area contributed by atoms with Gasteiger partial charge in [0.1, 0.15) is 5.82 Å². The molecule has 100 valence electrons. The van der Waals surface area contributed by atoms with Crippen molar-refractivity contribution in [2.24, 2.45) is 0 Å². The molecule has 2 aromatic rings. The zero-order chi connectivity index (χ0) is 14.0. The maximum absolute atomic E-state index is 12.9. The summed E-state index contributed by atoms with van der Waals surface area (Å²) in [6.45, 7) is 1.92. The summed E-state index contributed by atoms with van der Waals surface area (Å²) < 4.78 is 19.7. The predicted octanol–water partition coefficient (Wildman–Crippen LogP) is 3.60. The third-order valence-corrected chi connectivity index (χ3v) is 3.14. The molecule has 4 nitrogen and oxygen atoms in total. The Labute approximate surface area is 122 Å². The first-order valence-electron chi connectivity index (χ1n) is 5.41. The number of ether oxygens (including phenoxy) is 1. The van der Waals surface area contributed by atoms with Crippen LogP contribution in [0.5, 0.6) is 0 Å². The molecule has 0 atom stereocenters. The summed E-state index contributed by atoms with van der Waals surface area (Å²) in [5, 5.41) is 0.0228. The second-order valence-electron chi connectivity index (χ2n) is 3.55. The normalized spacial score (nSPS) is 10.5. The minimum atomic E-state index is -0.588. The van der Waals surface area contributed by atoms with Crippen LogP contribution in [0.3, 0.4) is 0 Å². The van der Waals surface area contributed by atoms with E-state index < -0.39 is 5.97 Å². The summed E-state index contributed by atoms with van der Waals surface area (Å²) in [7, 11) is 0. The number of nitrogens with zero attached hydrogens (tertiary/aromatic N) is 2. The van der Waals surface area contributed by atoms with Gasteiger partial charge < -0.3 is 4.74 Å². The van der Waals surface area contributed by atoms with Gasteiger partial charge in [-0.15, -0.1) is 0 Å². The molecule has 7 heteroatoms. The number of esters is 1. The SMILES string of the molecule is CCOC(=O)c1c(Cl)nc(Br)n1-c1ccc(F)cc1. The summed E-state index contributed by atoms with van der Waals surface area (Å²) in [6, 6.07) is 5.59. The highest BCUT2D eigenvalue weighted by Crippen LogP contribution is 2.26. The number of benzene rings is 1. The lowest BCUT2D eigenvalue weighted by Crippen LogP contribution is -2.11. The fourth-order valence-corrected chi connectivity index (χ4v) is 2.47. The van der Waals surface area contributed by atoms with E-state index in [-0.39, 0.29) is 23.3 Å². The Hall–Kier alpha value is -1.40. The van der Waals surface area contributed by atoms with Gasteiger partial charge in [0.15, 0.2) is 15.6 Å². The summed E-state index contributed by atoms with van der Waals surface area (Å²) in [5.41, 5.74) is 0.651. The van der Waals surface area contributed by atoms with Crippen molar-refractivity contribution in [2.45, 2.75) is 6.92 Å². The van der Waals surface area contributed by atoms with Gasteiger partial charge in [-0.2, -0.15) is 0 Å². The quantitative estimate of drug-likeness (QED) is 0.797. The Balaban J connectivity index is 2.56. The molecular formula is C12H9BrClFN2O2. The van der Waals surface area contributed by atoms with Crippen LogP contribution in [-0.2, 0) is 4.74 Å². The van der Waals surface area contributed by atoms with Gasteiger partial charge >= 0.3 is 5.97 Å². The number of halogens is 3. The number of carbonyl (C=O) groups excluding carboxylic acids is 1. The van der Waals surface area contributed by atoms with Gasteiger partial charge in [0, 0.05) is 5.69 Å². The fraction of sp³-hybridized carbons (Fsp3) is 0.167. The van der Waals surface area contributed by atoms with E-state index in [1.54, 1.807) is 6.92 Å². The van der Waals surface area contributed by atoms with Crippen LogP contribution in [0.1, 0.15) is 17.4 Å². The van der Waals surface area contributed by atoms with Crippen LogP contribution in [0.2, 0.25) is 5.15 Å². The number of imidazole rings is 1. The van der Waals surface area contributed by atoms with Crippen molar-refractivity contribution in [1.82, 2.24) is 9.55 Å². The fourth-order valence-electron chi connectivity index (χ4n) is 1.57. The number of rotatable bonds is 3. The third-order valence-electron chi connectivity index (χ3n) is 2.35. The van der Waals surface area contributed by atoms with Gasteiger partial charge in [0.2, 0.25) is 0 Å². The Bertz CT molecular complexity index is 613. The molecule has 1 aromatic carbocycles. The molecule has 0 radical (unpaired) electrons. The monoisotopic (exact) mass is 346 g/mol. The van der Waals surface area contributed by atoms with E-state index in [1.165, 1.54) is 28.8 Å². The Morgan fingerprint density at radius 2 is 2.11 bits per heavy atom. The average molecular weight is 348 g/mol. The van der Waals surface area contributed by atoms with E-state index in [2.05, 4.69) is 20.9 Å². The number of aromatic nitrogens is 2. The molecule has 0 spiro atoms. The van der Waals surface area contributed by atoms with Crippen LogP contribution >= 0.6 is 27.5 Å². The van der Waals surface area contributed by atoms with Crippen LogP contribution in [0.4, 0.5) is 4.39 Å². The minimum Gasteiger partial charge on any atom is -0.461 e. The molecule has 0 fully saturated rings. The van der Waals surface area contributed by atoms with Crippen molar-refractivity contribution in [3.05, 3.63) is 45.7 Å². The third kappa shape index (κ3) is 2.79. The topological polar surface area (TPSA) is 44.1 Å². The summed E-state index contributed by atoms with van der Waals surface area (Å²) in [5.74, 6) is -0.959. The van der Waals surface area contributed by atoms with E-state index in [1.807, 2.05) is 0 Å². The number of carbonyl (C=O) groups is 1. The minimum absolute atomic E-state index is 0.0228. The molecule has 0 bridgehead atoms. The molecule has 19 heavy (non-hydrogen) atoms. The van der Waals surface area contributed by atoms with Crippen LogP contribution in [0.25, 0.3) is 5.69 Å². The van der Waals surface area contributed by atoms with Gasteiger partial charge in [-0.3, -0.25) is 4.57 Å². The van der Waals surface area contributed by atoms with Crippen molar-refractivity contribution in [1.29, 1.82) is 0 Å². The first-order chi connectivity index (χ1) is 9.04. The molecule has 0 aliphatic carbocycles. The second kappa shape index (κ2) is 5.71. The van der Waals surface area contributed by atoms with Gasteiger partial charge in [-0.25, -0.2) is 14.2 Å². The molecule has 1 aromatic heterocycles. The van der Waals surface area contributed by atoms with Crippen molar-refractivity contribution in [3.63, 3.8) is 0 Å². The Kier molecular flexibility index (Phi) is 4.21. The molecule has 0 aliphatic rings. The van der Waals surface area contributed by atoms with Crippen LogP contribution in [-0.4, -0.2) is 22.1 Å². The first kappa shape index (κ1) is 14.0. The van der Waals surface area contributed by atoms with Crippen molar-refractivity contribution >= 4 is 33.5 Å². The van der Waals surface area contributed by atoms with Gasteiger partial charge in [0.25, 0.3) is 0 Å². The molecule has 0 unspecified atom stereocenters. The largest absolute Gasteiger partial charge is 0.461 e. The maximum atomic E-state index is 12.9. The predicted molar refractivity (Wildman–Crippen MR) is 72.2 cm³/mol. The Morgan fingerprint density at radius 3 is 2.68 bits per heavy atom. The second-order valence-corrected chi connectivity index (χ2v) is 4.62. The lowest BCUT2D eigenvalue weighted by atomic mass is 10.3. The molecule has 0 saturated carbocycles. The molecule has 0 aliphatic heterocycles. The summed E-state index contributed by atoms with van der Waals surface area (Å²) in [6.07, 6.45) is 0. The van der Waals surface area contributed by atoms with E-state index >= 15 is 0 Å². The zero-order valence-corrected chi connectivity index (χ0v) is 12.2. The smallest absolute Gasteiger partial charge is 0.358 e. The van der Waals surface area contributed by atoms with Gasteiger partial charge in [-0.05, 0) is 47.1 Å². The summed E-state index contributed by atoms with van der Waals surface area (Å²) in [4.78, 5) is 15.8. The first-order valence-corrected chi connectivity index (χ1v) is 6.58. The van der Waals surface area contributed by atoms with E-state index in [0.717, 1.165) is 0 Å². The molecule has 2 rings (SSSR count). The van der Waals surface area contributed by atoms with Crippen molar-refractivity contribution in [3.8, 4) is 5.69 Å². The highest BCUT2D eigenvalue weighted by atomic mass is 79.9. The van der Waals surface area contributed by atoms with Crippen molar-refractivity contribution < 1.29 is 13.9 Å². The van der Waals surface area contributed by atoms with Crippen LogP contribution < -0.4 is 0 Å². The zero-order valence-electron chi connectivity index (χ0n) is 9.86. The van der Waals surface area contributed by atoms with E-state index in [9.17, 15) is 9.18 Å². The summed E-state index contributed by atoms with van der Waals surface area (Å²) >= 11 is 9.13. The van der Waals surface area contributed by atoms with E-state index in [4.69, 9.17) is 16.3 Å². The lowest BCUT2D eigenvalue weighted by Gasteiger charge is -2.09. The van der Waals surface area contributed by atoms with Crippen molar-refractivity contribution in [2.75, 3.05) is 6.61 Å². The Morgan fingerprint density at radius 1 is 1.47 bits per heavy atom. The molecular weight excluding hydrogens is 338 g/mol. The molecule has 0 saturated heterocycles. The lowest BCUT2D eigenvalue weighted by molar-refractivity contribution is 0.0517. The maximum Gasteiger partial charge on any atom is 0.358 e. The van der Waals surface area contributed by atoms with Crippen LogP contribution in [0.15, 0.2) is 29.0 Å². The van der Waals surface area contributed by atoms with Gasteiger partial charge in [0.05, 0.1) is 6.61 Å². The van der Waals surface area contributed by atoms with Crippen LogP contribution in [0, 0.1) is 5.82 Å². The number of hydrogen-bond donors (Lipinski definition) is 0. The molecule has 0 N–H and O–H groups in total. The van der Waals surface area contributed by atoms with E-state index in [0.29, 0.717) is 10.4 Å². The molecule has 1 heterocycles.